The van der Waals surface area contributed by atoms with Crippen LogP contribution in [0.25, 0.3) is 0 Å². The van der Waals surface area contributed by atoms with E-state index in [1.807, 2.05) is 6.92 Å². The number of ether oxygens (including phenoxy) is 2. The molecule has 0 aromatic heterocycles. The Morgan fingerprint density at radius 3 is 3.00 bits per heavy atom. The molecule has 1 unspecified atom stereocenters. The molecule has 70 valence electrons. The molecule has 0 aromatic rings. The Balaban J connectivity index is 2.25. The van der Waals surface area contributed by atoms with E-state index in [4.69, 9.17) is 4.74 Å². The summed E-state index contributed by atoms with van der Waals surface area (Å²) in [5, 5.41) is 0. The maximum Gasteiger partial charge on any atom is 0.305 e. The van der Waals surface area contributed by atoms with Crippen molar-refractivity contribution in [3.63, 3.8) is 0 Å². The second-order valence-corrected chi connectivity index (χ2v) is 4.47. The number of carbonyl (C=O) groups excluding carboxylic acids is 1. The van der Waals surface area contributed by atoms with E-state index in [1.165, 1.54) is 7.11 Å². The monoisotopic (exact) mass is 190 g/mol. The predicted molar refractivity (Wildman–Crippen MR) is 48.1 cm³/mol. The van der Waals surface area contributed by atoms with Gasteiger partial charge in [0.25, 0.3) is 0 Å². The molecule has 1 heterocycles. The van der Waals surface area contributed by atoms with Gasteiger partial charge in [-0.1, -0.05) is 0 Å². The van der Waals surface area contributed by atoms with Crippen LogP contribution >= 0.6 is 11.8 Å². The third kappa shape index (κ3) is 2.68. The van der Waals surface area contributed by atoms with E-state index >= 15 is 0 Å². The number of carbonyl (C=O) groups is 1. The van der Waals surface area contributed by atoms with Crippen molar-refractivity contribution in [3.05, 3.63) is 0 Å². The quantitative estimate of drug-likeness (QED) is 0.630. The van der Waals surface area contributed by atoms with Crippen molar-refractivity contribution in [2.75, 3.05) is 19.5 Å². The molecule has 0 radical (unpaired) electrons. The van der Waals surface area contributed by atoms with Crippen LogP contribution in [0, 0.1) is 0 Å². The predicted octanol–water partition coefficient (Wildman–Crippen LogP) is 1.42. The largest absolute Gasteiger partial charge is 0.469 e. The topological polar surface area (TPSA) is 35.5 Å². The smallest absolute Gasteiger partial charge is 0.305 e. The van der Waals surface area contributed by atoms with Gasteiger partial charge in [-0.15, -0.1) is 11.8 Å². The van der Waals surface area contributed by atoms with Gasteiger partial charge in [-0.05, 0) is 13.3 Å². The lowest BCUT2D eigenvalue weighted by Crippen LogP contribution is -2.20. The van der Waals surface area contributed by atoms with Gasteiger partial charge < -0.3 is 9.47 Å². The molecule has 0 N–H and O–H groups in total. The van der Waals surface area contributed by atoms with Crippen molar-refractivity contribution in [3.8, 4) is 0 Å². The number of rotatable bonds is 3. The van der Waals surface area contributed by atoms with E-state index in [2.05, 4.69) is 4.74 Å². The highest BCUT2D eigenvalue weighted by atomic mass is 32.2. The molecule has 1 aliphatic heterocycles. The molecule has 0 aliphatic carbocycles. The second kappa shape index (κ2) is 4.14. The summed E-state index contributed by atoms with van der Waals surface area (Å²) in [7, 11) is 1.41. The van der Waals surface area contributed by atoms with E-state index in [0.29, 0.717) is 6.42 Å². The summed E-state index contributed by atoms with van der Waals surface area (Å²) in [6.45, 7) is 2.82. The highest BCUT2D eigenvalue weighted by Crippen LogP contribution is 2.36. The van der Waals surface area contributed by atoms with Gasteiger partial charge in [0.15, 0.2) is 0 Å². The fourth-order valence-electron chi connectivity index (χ4n) is 1.13. The Morgan fingerprint density at radius 2 is 2.50 bits per heavy atom. The molecule has 0 saturated carbocycles. The molecule has 0 bridgehead atoms. The van der Waals surface area contributed by atoms with Gasteiger partial charge in [-0.2, -0.15) is 0 Å². The van der Waals surface area contributed by atoms with Gasteiger partial charge in [-0.3, -0.25) is 4.79 Å². The lowest BCUT2D eigenvalue weighted by molar-refractivity contribution is -0.141. The zero-order valence-corrected chi connectivity index (χ0v) is 8.28. The number of esters is 1. The first kappa shape index (κ1) is 9.86. The minimum absolute atomic E-state index is 0.159. The fourth-order valence-corrected chi connectivity index (χ4v) is 2.14. The molecular formula is C8H14O3S. The van der Waals surface area contributed by atoms with E-state index < -0.39 is 0 Å². The first-order valence-electron chi connectivity index (χ1n) is 4.01. The van der Waals surface area contributed by atoms with Crippen molar-refractivity contribution in [2.45, 2.75) is 24.7 Å². The lowest BCUT2D eigenvalue weighted by atomic mass is 10.2. The van der Waals surface area contributed by atoms with Crippen LogP contribution in [0.15, 0.2) is 0 Å². The average Bonchev–Trinajstić information content (AvgIpc) is 2.49. The van der Waals surface area contributed by atoms with Gasteiger partial charge >= 0.3 is 5.97 Å². The number of methoxy groups -OCH3 is 1. The van der Waals surface area contributed by atoms with Crippen LogP contribution in [0.1, 0.15) is 19.8 Å². The third-order valence-corrected chi connectivity index (χ3v) is 3.21. The molecule has 0 aromatic carbocycles. The summed E-state index contributed by atoms with van der Waals surface area (Å²) in [6.07, 6.45) is 1.18. The minimum Gasteiger partial charge on any atom is -0.469 e. The van der Waals surface area contributed by atoms with Gasteiger partial charge in [-0.25, -0.2) is 0 Å². The molecule has 3 nitrogen and oxygen atoms in total. The summed E-state index contributed by atoms with van der Waals surface area (Å²) < 4.78 is 10.0. The number of thioether (sulfide) groups is 1. The Morgan fingerprint density at radius 1 is 1.75 bits per heavy atom. The molecule has 0 amide bonds. The Kier molecular flexibility index (Phi) is 3.40. The van der Waals surface area contributed by atoms with Crippen molar-refractivity contribution in [1.82, 2.24) is 0 Å². The lowest BCUT2D eigenvalue weighted by Gasteiger charge is -2.20. The van der Waals surface area contributed by atoms with Crippen molar-refractivity contribution in [2.24, 2.45) is 0 Å². The number of hydrogen-bond acceptors (Lipinski definition) is 4. The molecule has 1 aliphatic rings. The van der Waals surface area contributed by atoms with Crippen molar-refractivity contribution >= 4 is 17.7 Å². The first-order valence-corrected chi connectivity index (χ1v) is 4.99. The SMILES string of the molecule is COC(=O)CCC1(C)OCCS1. The zero-order valence-electron chi connectivity index (χ0n) is 7.46. The van der Waals surface area contributed by atoms with Gasteiger partial charge in [0.2, 0.25) is 0 Å². The van der Waals surface area contributed by atoms with Crippen LogP contribution in [0.2, 0.25) is 0 Å². The summed E-state index contributed by atoms with van der Waals surface area (Å²) >= 11 is 1.77. The minimum atomic E-state index is -0.160. The fraction of sp³-hybridized carbons (Fsp3) is 0.875. The van der Waals surface area contributed by atoms with Gasteiger partial charge in [0.05, 0.1) is 13.7 Å². The normalized spacial score (nSPS) is 28.8. The second-order valence-electron chi connectivity index (χ2n) is 2.91. The van der Waals surface area contributed by atoms with E-state index in [9.17, 15) is 4.79 Å². The van der Waals surface area contributed by atoms with E-state index in [-0.39, 0.29) is 10.9 Å². The molecule has 1 atom stereocenters. The molecule has 1 fully saturated rings. The Labute approximate surface area is 76.8 Å². The maximum atomic E-state index is 10.8. The average molecular weight is 190 g/mol. The maximum absolute atomic E-state index is 10.8. The van der Waals surface area contributed by atoms with Crippen LogP contribution in [-0.4, -0.2) is 30.4 Å². The summed E-state index contributed by atoms with van der Waals surface area (Å²) in [5.74, 6) is 0.866. The zero-order chi connectivity index (χ0) is 9.03. The third-order valence-electron chi connectivity index (χ3n) is 1.91. The van der Waals surface area contributed by atoms with Crippen molar-refractivity contribution < 1.29 is 14.3 Å². The van der Waals surface area contributed by atoms with Crippen molar-refractivity contribution in [1.29, 1.82) is 0 Å². The summed E-state index contributed by atoms with van der Waals surface area (Å²) in [6, 6.07) is 0. The molecule has 12 heavy (non-hydrogen) atoms. The number of hydrogen-bond donors (Lipinski definition) is 0. The molecule has 1 rings (SSSR count). The molecular weight excluding hydrogens is 176 g/mol. The van der Waals surface area contributed by atoms with Crippen LogP contribution in [0.4, 0.5) is 0 Å². The Hall–Kier alpha value is -0.220. The van der Waals surface area contributed by atoms with Crippen LogP contribution in [0.3, 0.4) is 0 Å². The van der Waals surface area contributed by atoms with E-state index in [0.717, 1.165) is 18.8 Å². The van der Waals surface area contributed by atoms with Gasteiger partial charge in [0, 0.05) is 12.2 Å². The molecule has 0 spiro atoms. The molecule has 1 saturated heterocycles. The van der Waals surface area contributed by atoms with Gasteiger partial charge in [0.1, 0.15) is 4.93 Å². The molecule has 4 heteroatoms. The van der Waals surface area contributed by atoms with E-state index in [1.54, 1.807) is 11.8 Å². The van der Waals surface area contributed by atoms with Crippen LogP contribution < -0.4 is 0 Å². The highest BCUT2D eigenvalue weighted by Gasteiger charge is 2.30. The standard InChI is InChI=1S/C8H14O3S/c1-8(11-5-6-12-8)4-3-7(9)10-2/h3-6H2,1-2H3. The summed E-state index contributed by atoms with van der Waals surface area (Å²) in [4.78, 5) is 10.7. The van der Waals surface area contributed by atoms with Crippen LogP contribution in [0.5, 0.6) is 0 Å². The highest BCUT2D eigenvalue weighted by molar-refractivity contribution is 8.00. The van der Waals surface area contributed by atoms with Crippen LogP contribution in [-0.2, 0) is 14.3 Å². The Bertz CT molecular complexity index is 164. The summed E-state index contributed by atoms with van der Waals surface area (Å²) in [5.41, 5.74) is 0. The first-order chi connectivity index (χ1) is 5.66.